The van der Waals surface area contributed by atoms with Crippen molar-refractivity contribution in [1.29, 1.82) is 0 Å². The first-order valence-electron chi connectivity index (χ1n) is 3.11. The summed E-state index contributed by atoms with van der Waals surface area (Å²) >= 11 is 0. The molecule has 0 spiro atoms. The van der Waals surface area contributed by atoms with Crippen LogP contribution in [0.3, 0.4) is 0 Å². The Hall–Kier alpha value is -0.570. The van der Waals surface area contributed by atoms with Gasteiger partial charge in [-0.05, 0) is 0 Å². The molecule has 0 aliphatic heterocycles. The lowest BCUT2D eigenvalue weighted by atomic mass is 10.8. The Bertz CT molecular complexity index is 88.3. The number of methoxy groups -OCH3 is 1. The van der Waals surface area contributed by atoms with E-state index in [2.05, 4.69) is 32.9 Å². The third kappa shape index (κ3) is 150. The van der Waals surface area contributed by atoms with Crippen LogP contribution in [-0.4, -0.2) is 45.8 Å². The average Bonchev–Trinajstić information content (AvgIpc) is 1.61. The lowest BCUT2D eigenvalue weighted by Gasteiger charge is -2.14. The highest BCUT2D eigenvalue weighted by atomic mass is 16.5. The molecule has 0 N–H and O–H groups in total. The zero-order chi connectivity index (χ0) is 8.78. The van der Waals surface area contributed by atoms with E-state index < -0.39 is 0 Å². The summed E-state index contributed by atoms with van der Waals surface area (Å²) < 4.78 is 5.11. The molecule has 0 bridgehead atoms. The van der Waals surface area contributed by atoms with Crippen LogP contribution in [0, 0.1) is 0 Å². The smallest absolute Gasteiger partial charge is 0.302 e. The van der Waals surface area contributed by atoms with Gasteiger partial charge in [-0.2, -0.15) is 0 Å². The van der Waals surface area contributed by atoms with Crippen LogP contribution >= 0.6 is 0 Å². The SMILES string of the molecule is COC(C)=O.C[N+](C)(C)C. The Balaban J connectivity index is 0. The van der Waals surface area contributed by atoms with Gasteiger partial charge in [-0.15, -0.1) is 0 Å². The van der Waals surface area contributed by atoms with E-state index >= 15 is 0 Å². The number of ether oxygens (including phenoxy) is 1. The number of carbonyl (C=O) groups is 1. The van der Waals surface area contributed by atoms with Gasteiger partial charge in [0.1, 0.15) is 0 Å². The van der Waals surface area contributed by atoms with Gasteiger partial charge in [0.2, 0.25) is 0 Å². The van der Waals surface area contributed by atoms with Crippen LogP contribution in [0.15, 0.2) is 0 Å². The maximum atomic E-state index is 9.59. The molecule has 0 rings (SSSR count). The number of rotatable bonds is 0. The van der Waals surface area contributed by atoms with Gasteiger partial charge in [0, 0.05) is 6.92 Å². The van der Waals surface area contributed by atoms with Crippen LogP contribution in [0.25, 0.3) is 0 Å². The van der Waals surface area contributed by atoms with Gasteiger partial charge < -0.3 is 9.22 Å². The fraction of sp³-hybridized carbons (Fsp3) is 0.857. The molecule has 0 aliphatic carbocycles. The molecule has 0 saturated carbocycles. The first kappa shape index (κ1) is 12.1. The van der Waals surface area contributed by atoms with E-state index in [1.807, 2.05) is 0 Å². The van der Waals surface area contributed by atoms with Gasteiger partial charge in [-0.1, -0.05) is 0 Å². The maximum absolute atomic E-state index is 9.59. The molecule has 0 fully saturated rings. The van der Waals surface area contributed by atoms with Crippen molar-refractivity contribution in [2.45, 2.75) is 6.92 Å². The van der Waals surface area contributed by atoms with Crippen molar-refractivity contribution in [3.05, 3.63) is 0 Å². The number of quaternary nitrogens is 1. The van der Waals surface area contributed by atoms with Crippen LogP contribution in [0.1, 0.15) is 6.92 Å². The molecule has 0 aliphatic rings. The van der Waals surface area contributed by atoms with Gasteiger partial charge >= 0.3 is 5.97 Å². The second-order valence-corrected chi connectivity index (χ2v) is 3.38. The van der Waals surface area contributed by atoms with Gasteiger partial charge in [0.15, 0.2) is 0 Å². The molecule has 0 aromatic carbocycles. The lowest BCUT2D eigenvalue weighted by Crippen LogP contribution is -2.27. The molecule has 0 aromatic rings. The number of hydrogen-bond donors (Lipinski definition) is 0. The normalized spacial score (nSPS) is 9.40. The predicted molar refractivity (Wildman–Crippen MR) is 41.6 cm³/mol. The first-order valence-corrected chi connectivity index (χ1v) is 3.11. The highest BCUT2D eigenvalue weighted by Crippen LogP contribution is 1.73. The Kier molecular flexibility index (Phi) is 6.35. The molecule has 0 aromatic heterocycles. The minimum Gasteiger partial charge on any atom is -0.469 e. The van der Waals surface area contributed by atoms with Crippen molar-refractivity contribution < 1.29 is 14.0 Å². The monoisotopic (exact) mass is 148 g/mol. The topological polar surface area (TPSA) is 26.3 Å². The van der Waals surface area contributed by atoms with Gasteiger partial charge in [-0.25, -0.2) is 0 Å². The molecular formula is C7H18NO2+. The zero-order valence-electron chi connectivity index (χ0n) is 7.76. The van der Waals surface area contributed by atoms with E-state index in [0.29, 0.717) is 0 Å². The number of carbonyl (C=O) groups excluding carboxylic acids is 1. The summed E-state index contributed by atoms with van der Waals surface area (Å²) in [5.41, 5.74) is 0. The number of hydrogen-bond acceptors (Lipinski definition) is 2. The van der Waals surface area contributed by atoms with Crippen LogP contribution < -0.4 is 0 Å². The minimum absolute atomic E-state index is 0.245. The summed E-state index contributed by atoms with van der Waals surface area (Å²) in [6.45, 7) is 1.36. The van der Waals surface area contributed by atoms with Crippen molar-refractivity contribution in [2.75, 3.05) is 35.3 Å². The number of nitrogens with zero attached hydrogens (tertiary/aromatic N) is 1. The largest absolute Gasteiger partial charge is 0.469 e. The summed E-state index contributed by atoms with van der Waals surface area (Å²) in [5.74, 6) is -0.245. The summed E-state index contributed by atoms with van der Waals surface area (Å²) in [7, 11) is 9.85. The fourth-order valence-corrected chi connectivity index (χ4v) is 0. The second-order valence-electron chi connectivity index (χ2n) is 3.38. The summed E-state index contributed by atoms with van der Waals surface area (Å²) in [5, 5.41) is 0. The predicted octanol–water partition coefficient (Wildman–Crippen LogP) is 0.502. The Labute approximate surface area is 63.2 Å². The van der Waals surface area contributed by atoms with Crippen LogP contribution in [0.4, 0.5) is 0 Å². The van der Waals surface area contributed by atoms with Crippen LogP contribution in [0.2, 0.25) is 0 Å². The standard InChI is InChI=1S/C4H12N.C3H6O2/c1-5(2,3)4;1-3(4)5-2/h1-4H3;1-2H3/q+1;. The van der Waals surface area contributed by atoms with E-state index in [4.69, 9.17) is 0 Å². The molecule has 0 amide bonds. The van der Waals surface area contributed by atoms with E-state index in [0.717, 1.165) is 4.48 Å². The van der Waals surface area contributed by atoms with E-state index in [9.17, 15) is 4.79 Å². The van der Waals surface area contributed by atoms with Crippen LogP contribution in [0.5, 0.6) is 0 Å². The second kappa shape index (κ2) is 5.23. The lowest BCUT2D eigenvalue weighted by molar-refractivity contribution is -0.849. The van der Waals surface area contributed by atoms with Crippen molar-refractivity contribution in [3.63, 3.8) is 0 Å². The molecule has 0 saturated heterocycles. The Morgan fingerprint density at radius 1 is 1.20 bits per heavy atom. The summed E-state index contributed by atoms with van der Waals surface area (Å²) in [4.78, 5) is 9.59. The zero-order valence-corrected chi connectivity index (χ0v) is 7.76. The minimum atomic E-state index is -0.245. The van der Waals surface area contributed by atoms with Gasteiger partial charge in [-0.3, -0.25) is 4.79 Å². The number of esters is 1. The van der Waals surface area contributed by atoms with Crippen molar-refractivity contribution in [1.82, 2.24) is 0 Å². The van der Waals surface area contributed by atoms with Crippen LogP contribution in [-0.2, 0) is 9.53 Å². The third-order valence-corrected chi connectivity index (χ3v) is 0.287. The van der Waals surface area contributed by atoms with Gasteiger partial charge in [0.05, 0.1) is 35.3 Å². The molecule has 0 unspecified atom stereocenters. The van der Waals surface area contributed by atoms with E-state index in [1.54, 1.807) is 0 Å². The highest BCUT2D eigenvalue weighted by Gasteiger charge is 1.88. The maximum Gasteiger partial charge on any atom is 0.302 e. The van der Waals surface area contributed by atoms with Crippen molar-refractivity contribution >= 4 is 5.97 Å². The Morgan fingerprint density at radius 3 is 1.30 bits per heavy atom. The van der Waals surface area contributed by atoms with Crippen molar-refractivity contribution in [2.24, 2.45) is 0 Å². The molecular weight excluding hydrogens is 130 g/mol. The van der Waals surface area contributed by atoms with Crippen molar-refractivity contribution in [3.8, 4) is 0 Å². The molecule has 0 atom stereocenters. The molecule has 62 valence electrons. The molecule has 0 radical (unpaired) electrons. The third-order valence-electron chi connectivity index (χ3n) is 0.287. The Morgan fingerprint density at radius 2 is 1.30 bits per heavy atom. The summed E-state index contributed by atoms with van der Waals surface area (Å²) in [6.07, 6.45) is 0. The molecule has 3 nitrogen and oxygen atoms in total. The fourth-order valence-electron chi connectivity index (χ4n) is 0. The molecule has 0 heterocycles. The average molecular weight is 148 g/mol. The summed E-state index contributed by atoms with van der Waals surface area (Å²) in [6, 6.07) is 0. The first-order chi connectivity index (χ1) is 4.27. The van der Waals surface area contributed by atoms with E-state index in [-0.39, 0.29) is 5.97 Å². The van der Waals surface area contributed by atoms with Gasteiger partial charge in [0.25, 0.3) is 0 Å². The molecule has 10 heavy (non-hydrogen) atoms. The quantitative estimate of drug-likeness (QED) is 0.369. The highest BCUT2D eigenvalue weighted by molar-refractivity contribution is 5.65. The van der Waals surface area contributed by atoms with E-state index in [1.165, 1.54) is 14.0 Å². The molecule has 3 heteroatoms.